The second-order valence-electron chi connectivity index (χ2n) is 9.68. The molecule has 0 N–H and O–H groups in total. The van der Waals surface area contributed by atoms with E-state index in [0.29, 0.717) is 60.4 Å². The molecule has 0 unspecified atom stereocenters. The highest BCUT2D eigenvalue weighted by Crippen LogP contribution is 2.34. The second-order valence-corrected chi connectivity index (χ2v) is 9.68. The number of ether oxygens (including phenoxy) is 3. The number of carbonyl (C=O) groups excluding carboxylic acids is 1. The van der Waals surface area contributed by atoms with Crippen LogP contribution < -0.4 is 9.47 Å². The molecule has 2 aromatic carbocycles. The number of para-hydroxylation sites is 1. The zero-order chi connectivity index (χ0) is 24.4. The molecule has 0 aliphatic carbocycles. The maximum Gasteiger partial charge on any atom is 0.231 e. The fourth-order valence-corrected chi connectivity index (χ4v) is 3.08. The van der Waals surface area contributed by atoms with Crippen LogP contribution in [0.1, 0.15) is 70.0 Å². The summed E-state index contributed by atoms with van der Waals surface area (Å²) in [6, 6.07) is 13.7. The third-order valence-corrected chi connectivity index (χ3v) is 4.81. The third kappa shape index (κ3) is 8.60. The Kier molecular flexibility index (Phi) is 10.5. The average Bonchev–Trinajstić information content (AvgIpc) is 2.78. The number of hydrogen-bond donors (Lipinski definition) is 0. The molecule has 0 saturated carbocycles. The highest BCUT2D eigenvalue weighted by molar-refractivity contribution is 6.12. The molecule has 4 nitrogen and oxygen atoms in total. The van der Waals surface area contributed by atoms with Crippen LogP contribution in [0.4, 0.5) is 0 Å². The zero-order valence-corrected chi connectivity index (χ0v) is 21.3. The van der Waals surface area contributed by atoms with Crippen LogP contribution in [0.2, 0.25) is 0 Å². The smallest absolute Gasteiger partial charge is 0.231 e. The highest BCUT2D eigenvalue weighted by Gasteiger charge is 2.23. The molecule has 0 heterocycles. The van der Waals surface area contributed by atoms with Gasteiger partial charge in [0.05, 0.1) is 25.4 Å². The Morgan fingerprint density at radius 1 is 0.848 bits per heavy atom. The maximum atomic E-state index is 13.7. The zero-order valence-electron chi connectivity index (χ0n) is 21.3. The number of carbonyl (C=O) groups is 1. The number of rotatable bonds is 13. The van der Waals surface area contributed by atoms with Gasteiger partial charge in [-0.2, -0.15) is 0 Å². The minimum Gasteiger partial charge on any atom is -0.489 e. The summed E-state index contributed by atoms with van der Waals surface area (Å²) in [6.07, 6.45) is 2.76. The monoisotopic (exact) mass is 452 g/mol. The van der Waals surface area contributed by atoms with Crippen LogP contribution in [-0.2, 0) is 11.2 Å². The average molecular weight is 453 g/mol. The van der Waals surface area contributed by atoms with Crippen molar-refractivity contribution in [2.24, 2.45) is 17.8 Å². The van der Waals surface area contributed by atoms with Gasteiger partial charge in [-0.25, -0.2) is 0 Å². The van der Waals surface area contributed by atoms with Gasteiger partial charge in [0.1, 0.15) is 0 Å². The third-order valence-electron chi connectivity index (χ3n) is 4.81. The van der Waals surface area contributed by atoms with Crippen LogP contribution in [0.5, 0.6) is 11.5 Å². The van der Waals surface area contributed by atoms with Crippen molar-refractivity contribution >= 4 is 11.9 Å². The molecule has 33 heavy (non-hydrogen) atoms. The van der Waals surface area contributed by atoms with Crippen molar-refractivity contribution < 1.29 is 19.0 Å². The first-order chi connectivity index (χ1) is 15.7. The fraction of sp³-hybridized carbons (Fsp3) is 0.483. The number of hydrogen-bond acceptors (Lipinski definition) is 4. The van der Waals surface area contributed by atoms with Crippen molar-refractivity contribution in [3.8, 4) is 11.5 Å². The lowest BCUT2D eigenvalue weighted by Gasteiger charge is -2.19. The standard InChI is InChI=1S/C29H40O4/c1-8-23-11-9-12-24(15-23)16-27(32-18-21(4)5)28(30)25-13-10-14-26(31-17-20(2)3)29(25)33-19-22(6)7/h9-16,20-22H,8,17-19H2,1-7H3. The molecule has 2 aromatic rings. The van der Waals surface area contributed by atoms with E-state index in [1.807, 2.05) is 30.3 Å². The maximum absolute atomic E-state index is 13.7. The van der Waals surface area contributed by atoms with E-state index in [-0.39, 0.29) is 5.78 Å². The van der Waals surface area contributed by atoms with Crippen molar-refractivity contribution in [2.75, 3.05) is 19.8 Å². The Morgan fingerprint density at radius 2 is 1.48 bits per heavy atom. The lowest BCUT2D eigenvalue weighted by molar-refractivity contribution is 0.0894. The van der Waals surface area contributed by atoms with Crippen molar-refractivity contribution in [2.45, 2.75) is 54.9 Å². The molecular formula is C29H40O4. The van der Waals surface area contributed by atoms with Crippen LogP contribution in [0, 0.1) is 17.8 Å². The van der Waals surface area contributed by atoms with E-state index in [9.17, 15) is 4.79 Å². The molecule has 0 aromatic heterocycles. The summed E-state index contributed by atoms with van der Waals surface area (Å²) in [4.78, 5) is 13.7. The lowest BCUT2D eigenvalue weighted by Crippen LogP contribution is -2.15. The van der Waals surface area contributed by atoms with Gasteiger partial charge in [-0.1, -0.05) is 78.8 Å². The van der Waals surface area contributed by atoms with E-state index < -0.39 is 0 Å². The quantitative estimate of drug-likeness (QED) is 0.183. The van der Waals surface area contributed by atoms with E-state index in [4.69, 9.17) is 14.2 Å². The largest absolute Gasteiger partial charge is 0.489 e. The van der Waals surface area contributed by atoms with E-state index in [1.54, 1.807) is 6.07 Å². The molecule has 0 atom stereocenters. The predicted molar refractivity (Wildman–Crippen MR) is 136 cm³/mol. The van der Waals surface area contributed by atoms with Crippen molar-refractivity contribution in [3.05, 3.63) is 64.9 Å². The molecule has 2 rings (SSSR count). The Morgan fingerprint density at radius 3 is 2.12 bits per heavy atom. The van der Waals surface area contributed by atoms with E-state index in [0.717, 1.165) is 12.0 Å². The molecule has 0 bridgehead atoms. The van der Waals surface area contributed by atoms with Crippen molar-refractivity contribution in [1.29, 1.82) is 0 Å². The first kappa shape index (κ1) is 26.5. The number of Topliss-reactive ketones (excluding diaryl/α,β-unsaturated/α-hetero) is 1. The van der Waals surface area contributed by atoms with Crippen LogP contribution in [-0.4, -0.2) is 25.6 Å². The van der Waals surface area contributed by atoms with Gasteiger partial charge in [-0.05, 0) is 53.5 Å². The van der Waals surface area contributed by atoms with Gasteiger partial charge >= 0.3 is 0 Å². The normalized spacial score (nSPS) is 11.9. The fourth-order valence-electron chi connectivity index (χ4n) is 3.08. The van der Waals surface area contributed by atoms with Crippen LogP contribution in [0.25, 0.3) is 6.08 Å². The summed E-state index contributed by atoms with van der Waals surface area (Å²) in [5.74, 6) is 2.15. The molecule has 0 fully saturated rings. The Balaban J connectivity index is 2.50. The number of ketones is 1. The summed E-state index contributed by atoms with van der Waals surface area (Å²) < 4.78 is 18.2. The van der Waals surface area contributed by atoms with Gasteiger partial charge in [-0.3, -0.25) is 4.79 Å². The van der Waals surface area contributed by atoms with Gasteiger partial charge in [0.15, 0.2) is 17.3 Å². The molecule has 0 aliphatic heterocycles. The summed E-state index contributed by atoms with van der Waals surface area (Å²) in [7, 11) is 0. The van der Waals surface area contributed by atoms with E-state index >= 15 is 0 Å². The molecular weight excluding hydrogens is 412 g/mol. The van der Waals surface area contributed by atoms with Gasteiger partial charge in [0.2, 0.25) is 5.78 Å². The summed E-state index contributed by atoms with van der Waals surface area (Å²) in [5, 5.41) is 0. The summed E-state index contributed by atoms with van der Waals surface area (Å²) in [6.45, 7) is 16.1. The molecule has 4 heteroatoms. The van der Waals surface area contributed by atoms with E-state index in [2.05, 4.69) is 60.6 Å². The number of benzene rings is 2. The Bertz CT molecular complexity index is 925. The van der Waals surface area contributed by atoms with Crippen LogP contribution >= 0.6 is 0 Å². The second kappa shape index (κ2) is 13.1. The van der Waals surface area contributed by atoms with Gasteiger partial charge in [0.25, 0.3) is 0 Å². The Hall–Kier alpha value is -2.75. The highest BCUT2D eigenvalue weighted by atomic mass is 16.5. The molecule has 0 spiro atoms. The molecule has 180 valence electrons. The van der Waals surface area contributed by atoms with Crippen LogP contribution in [0.3, 0.4) is 0 Å². The summed E-state index contributed by atoms with van der Waals surface area (Å²) >= 11 is 0. The predicted octanol–water partition coefficient (Wildman–Crippen LogP) is 7.22. The number of aryl methyl sites for hydroxylation is 1. The lowest BCUT2D eigenvalue weighted by atomic mass is 10.0. The topological polar surface area (TPSA) is 44.8 Å². The molecule has 0 amide bonds. The van der Waals surface area contributed by atoms with Crippen molar-refractivity contribution in [3.63, 3.8) is 0 Å². The minimum absolute atomic E-state index is 0.202. The van der Waals surface area contributed by atoms with Crippen molar-refractivity contribution in [1.82, 2.24) is 0 Å². The first-order valence-electron chi connectivity index (χ1n) is 12.1. The molecule has 0 aliphatic rings. The molecule has 0 saturated heterocycles. The van der Waals surface area contributed by atoms with Gasteiger partial charge < -0.3 is 14.2 Å². The van der Waals surface area contributed by atoms with E-state index in [1.165, 1.54) is 5.56 Å². The summed E-state index contributed by atoms with van der Waals surface area (Å²) in [5.41, 5.74) is 2.61. The van der Waals surface area contributed by atoms with Gasteiger partial charge in [0, 0.05) is 0 Å². The van der Waals surface area contributed by atoms with Gasteiger partial charge in [-0.15, -0.1) is 0 Å². The van der Waals surface area contributed by atoms with Crippen LogP contribution in [0.15, 0.2) is 48.2 Å². The first-order valence-corrected chi connectivity index (χ1v) is 12.1. The Labute approximate surface area is 200 Å². The number of allylic oxidation sites excluding steroid dienone is 1. The SMILES string of the molecule is CCc1cccc(C=C(OCC(C)C)C(=O)c2cccc(OCC(C)C)c2OCC(C)C)c1. The minimum atomic E-state index is -0.202. The molecule has 0 radical (unpaired) electrons.